The van der Waals surface area contributed by atoms with Crippen molar-refractivity contribution in [1.29, 1.82) is 0 Å². The summed E-state index contributed by atoms with van der Waals surface area (Å²) in [6, 6.07) is 11.7. The predicted molar refractivity (Wildman–Crippen MR) is 126 cm³/mol. The Hall–Kier alpha value is -4.34. The van der Waals surface area contributed by atoms with Gasteiger partial charge < -0.3 is 9.47 Å². The fourth-order valence-corrected chi connectivity index (χ4v) is 6.06. The molecule has 0 radical (unpaired) electrons. The zero-order chi connectivity index (χ0) is 25.8. The Balaban J connectivity index is 1.01. The van der Waals surface area contributed by atoms with Crippen LogP contribution < -0.4 is 4.74 Å². The van der Waals surface area contributed by atoms with Gasteiger partial charge in [-0.05, 0) is 66.5 Å². The topological polar surface area (TPSA) is 133 Å². The van der Waals surface area contributed by atoms with Gasteiger partial charge in [-0.2, -0.15) is 0 Å². The number of allylic oxidation sites excluding steroid dienone is 2. The van der Waals surface area contributed by atoms with Crippen molar-refractivity contribution in [2.45, 2.75) is 6.42 Å². The Bertz CT molecular complexity index is 1310. The summed E-state index contributed by atoms with van der Waals surface area (Å²) in [5.41, 5.74) is 0.227. The van der Waals surface area contributed by atoms with E-state index in [4.69, 9.17) is 9.47 Å². The molecule has 6 atom stereocenters. The van der Waals surface area contributed by atoms with E-state index in [-0.39, 0.29) is 46.7 Å². The minimum atomic E-state index is -0.808. The summed E-state index contributed by atoms with van der Waals surface area (Å²) in [4.78, 5) is 62.1. The number of nitro benzene ring substituents is 1. The lowest BCUT2D eigenvalue weighted by atomic mass is 9.63. The molecule has 0 aromatic heterocycles. The third-order valence-electron chi connectivity index (χ3n) is 7.87. The molecule has 2 aromatic rings. The van der Waals surface area contributed by atoms with Crippen LogP contribution in [-0.2, 0) is 19.1 Å². The van der Waals surface area contributed by atoms with Gasteiger partial charge in [-0.15, -0.1) is 0 Å². The van der Waals surface area contributed by atoms with E-state index in [0.717, 1.165) is 11.3 Å². The maximum Gasteiger partial charge on any atom is 0.326 e. The van der Waals surface area contributed by atoms with Crippen molar-refractivity contribution in [2.75, 3.05) is 13.2 Å². The largest absolute Gasteiger partial charge is 0.457 e. The van der Waals surface area contributed by atoms with Gasteiger partial charge in [0, 0.05) is 17.7 Å². The second-order valence-electron chi connectivity index (χ2n) is 9.88. The van der Waals surface area contributed by atoms with Crippen molar-refractivity contribution in [3.8, 4) is 11.5 Å². The molecule has 2 bridgehead atoms. The molecule has 6 unspecified atom stereocenters. The van der Waals surface area contributed by atoms with E-state index >= 15 is 0 Å². The number of nitrogens with zero attached hydrogens (tertiary/aromatic N) is 2. The van der Waals surface area contributed by atoms with Crippen LogP contribution in [-0.4, -0.2) is 46.5 Å². The molecule has 188 valence electrons. The number of ether oxygens (including phenoxy) is 2. The van der Waals surface area contributed by atoms with Gasteiger partial charge in [0.25, 0.3) is 5.69 Å². The molecular formula is C27H22N2O8. The fraction of sp³-hybridized carbons (Fsp3) is 0.333. The van der Waals surface area contributed by atoms with Crippen LogP contribution in [0, 0.1) is 45.6 Å². The number of likely N-dealkylation sites (tertiary alicyclic amines) is 1. The maximum atomic E-state index is 13.0. The van der Waals surface area contributed by atoms with Gasteiger partial charge in [-0.3, -0.25) is 34.2 Å². The van der Waals surface area contributed by atoms with E-state index < -0.39 is 29.8 Å². The first-order valence-electron chi connectivity index (χ1n) is 12.1. The molecule has 1 aliphatic heterocycles. The molecule has 1 heterocycles. The van der Waals surface area contributed by atoms with Crippen molar-refractivity contribution >= 4 is 29.3 Å². The second-order valence-corrected chi connectivity index (χ2v) is 9.88. The average Bonchev–Trinajstić information content (AvgIpc) is 3.69. The normalized spacial score (nSPS) is 28.5. The van der Waals surface area contributed by atoms with Crippen LogP contribution >= 0.6 is 0 Å². The van der Waals surface area contributed by atoms with E-state index in [2.05, 4.69) is 12.2 Å². The number of non-ortho nitro benzene ring substituents is 1. The van der Waals surface area contributed by atoms with Crippen molar-refractivity contribution in [3.63, 3.8) is 0 Å². The summed E-state index contributed by atoms with van der Waals surface area (Å²) in [6.45, 7) is -1.02. The number of esters is 1. The van der Waals surface area contributed by atoms with Crippen LogP contribution in [0.15, 0.2) is 60.7 Å². The van der Waals surface area contributed by atoms with Gasteiger partial charge in [0.2, 0.25) is 11.8 Å². The molecule has 0 N–H and O–H groups in total. The number of nitro groups is 1. The van der Waals surface area contributed by atoms with Gasteiger partial charge >= 0.3 is 5.97 Å². The number of amides is 2. The SMILES string of the molecule is O=C(CN1C(=O)C2C3C=CC(C4CC34)C2C1=O)OCC(=O)c1ccc(Oc2ccc([N+](=O)[O-])cc2)cc1. The van der Waals surface area contributed by atoms with Gasteiger partial charge in [0.05, 0.1) is 16.8 Å². The van der Waals surface area contributed by atoms with Gasteiger partial charge in [0.15, 0.2) is 12.4 Å². The molecule has 4 aliphatic carbocycles. The molecule has 2 aromatic carbocycles. The fourth-order valence-electron chi connectivity index (χ4n) is 6.06. The highest BCUT2D eigenvalue weighted by Crippen LogP contribution is 2.65. The molecule has 1 saturated heterocycles. The van der Waals surface area contributed by atoms with E-state index in [9.17, 15) is 29.3 Å². The smallest absolute Gasteiger partial charge is 0.326 e. The van der Waals surface area contributed by atoms with Crippen LogP contribution in [0.3, 0.4) is 0 Å². The molecule has 0 spiro atoms. The third-order valence-corrected chi connectivity index (χ3v) is 7.87. The van der Waals surface area contributed by atoms with Gasteiger partial charge in [0.1, 0.15) is 18.0 Å². The van der Waals surface area contributed by atoms with Crippen LogP contribution in [0.25, 0.3) is 0 Å². The first-order valence-corrected chi connectivity index (χ1v) is 12.1. The molecule has 10 heteroatoms. The zero-order valence-electron chi connectivity index (χ0n) is 19.5. The number of ketones is 1. The first-order chi connectivity index (χ1) is 17.8. The Kier molecular flexibility index (Phi) is 5.40. The highest BCUT2D eigenvalue weighted by Gasteiger charge is 2.67. The van der Waals surface area contributed by atoms with Crippen molar-refractivity contribution < 1.29 is 33.6 Å². The van der Waals surface area contributed by atoms with E-state index in [1.165, 1.54) is 36.4 Å². The number of carbonyl (C=O) groups is 4. The molecule has 10 nitrogen and oxygen atoms in total. The lowest BCUT2D eigenvalue weighted by molar-refractivity contribution is -0.384. The molecule has 2 amide bonds. The monoisotopic (exact) mass is 502 g/mol. The predicted octanol–water partition coefficient (Wildman–Crippen LogP) is 3.17. The average molecular weight is 502 g/mol. The lowest BCUT2D eigenvalue weighted by Crippen LogP contribution is -2.40. The third kappa shape index (κ3) is 3.98. The van der Waals surface area contributed by atoms with Crippen LogP contribution in [0.1, 0.15) is 16.8 Å². The number of benzene rings is 2. The molecule has 2 saturated carbocycles. The van der Waals surface area contributed by atoms with E-state index in [1.54, 1.807) is 12.1 Å². The zero-order valence-corrected chi connectivity index (χ0v) is 19.5. The summed E-state index contributed by atoms with van der Waals surface area (Å²) in [7, 11) is 0. The summed E-state index contributed by atoms with van der Waals surface area (Å²) in [5, 5.41) is 10.7. The lowest BCUT2D eigenvalue weighted by Gasteiger charge is -2.37. The standard InChI is InChI=1S/C27H22N2O8/c30-22(14-1-5-16(6-2-14)37-17-7-3-15(4-8-17)29(34)35)13-36-23(31)12-28-26(32)24-18-9-10-19(21-11-20(18)21)25(24)27(28)33/h1-10,18-21,24-25H,11-13H2. The van der Waals surface area contributed by atoms with Crippen molar-refractivity contribution in [3.05, 3.63) is 76.4 Å². The van der Waals surface area contributed by atoms with Crippen LogP contribution in [0.4, 0.5) is 5.69 Å². The quantitative estimate of drug-likeness (QED) is 0.134. The minimum absolute atomic E-state index is 0.0553. The summed E-state index contributed by atoms with van der Waals surface area (Å²) < 4.78 is 10.7. The molecule has 3 fully saturated rings. The Morgan fingerprint density at radius 1 is 0.892 bits per heavy atom. The maximum absolute atomic E-state index is 13.0. The Morgan fingerprint density at radius 3 is 1.97 bits per heavy atom. The van der Waals surface area contributed by atoms with E-state index in [1.807, 2.05) is 0 Å². The number of Topliss-reactive ketones (excluding diaryl/α,β-unsaturated/α-hetero) is 1. The minimum Gasteiger partial charge on any atom is -0.457 e. The van der Waals surface area contributed by atoms with Crippen LogP contribution in [0.5, 0.6) is 11.5 Å². The Morgan fingerprint density at radius 2 is 1.43 bits per heavy atom. The second kappa shape index (κ2) is 8.65. The number of hydrogen-bond acceptors (Lipinski definition) is 8. The summed E-state index contributed by atoms with van der Waals surface area (Å²) >= 11 is 0. The number of hydrogen-bond donors (Lipinski definition) is 0. The highest BCUT2D eigenvalue weighted by atomic mass is 16.6. The van der Waals surface area contributed by atoms with Gasteiger partial charge in [-0.1, -0.05) is 12.2 Å². The number of rotatable bonds is 8. The Labute approximate surface area is 211 Å². The molecule has 5 aliphatic rings. The van der Waals surface area contributed by atoms with Crippen molar-refractivity contribution in [1.82, 2.24) is 4.90 Å². The van der Waals surface area contributed by atoms with Crippen LogP contribution in [0.2, 0.25) is 0 Å². The molecule has 37 heavy (non-hydrogen) atoms. The molecular weight excluding hydrogens is 480 g/mol. The summed E-state index contributed by atoms with van der Waals surface area (Å²) in [6.07, 6.45) is 5.19. The number of carbonyl (C=O) groups excluding carboxylic acids is 4. The first kappa shape index (κ1) is 23.1. The highest BCUT2D eigenvalue weighted by molar-refractivity contribution is 6.08. The van der Waals surface area contributed by atoms with Crippen molar-refractivity contribution in [2.24, 2.45) is 35.5 Å². The number of imide groups is 1. The van der Waals surface area contributed by atoms with E-state index in [0.29, 0.717) is 23.3 Å². The molecule has 7 rings (SSSR count). The summed E-state index contributed by atoms with van der Waals surface area (Å²) in [5.74, 6) is -0.744. The van der Waals surface area contributed by atoms with Gasteiger partial charge in [-0.25, -0.2) is 0 Å².